The Bertz CT molecular complexity index is 1410. The smallest absolute Gasteiger partial charge is 0.293 e. The third kappa shape index (κ3) is 5.46. The van der Waals surface area contributed by atoms with Gasteiger partial charge in [0, 0.05) is 66.0 Å². The van der Waals surface area contributed by atoms with Crippen molar-refractivity contribution >= 4 is 57.3 Å². The summed E-state index contributed by atoms with van der Waals surface area (Å²) in [5.41, 5.74) is 2.67. The maximum Gasteiger partial charge on any atom is 0.293 e. The van der Waals surface area contributed by atoms with Crippen molar-refractivity contribution in [2.45, 2.75) is 38.3 Å². The number of thiazole rings is 1. The third-order valence-corrected chi connectivity index (χ3v) is 8.26. The number of carbonyl (C=O) groups is 3. The summed E-state index contributed by atoms with van der Waals surface area (Å²) in [6.45, 7) is 1.69. The predicted octanol–water partition coefficient (Wildman–Crippen LogP) is 3.53. The van der Waals surface area contributed by atoms with Gasteiger partial charge in [-0.2, -0.15) is 0 Å². The number of carbonyl (C=O) groups excluding carboxylic acids is 3. The second-order valence-corrected chi connectivity index (χ2v) is 11.4. The lowest BCUT2D eigenvalue weighted by atomic mass is 9.83. The number of halogens is 1. The highest BCUT2D eigenvalue weighted by atomic mass is 35.5. The lowest BCUT2D eigenvalue weighted by Crippen LogP contribution is -2.47. The van der Waals surface area contributed by atoms with Gasteiger partial charge < -0.3 is 20.1 Å². The number of nitrogens with one attached hydrogen (secondary N) is 2. The maximum atomic E-state index is 13.2. The molecule has 2 N–H and O–H groups in total. The standard InChI is InChI=1S/C26H29ClN6O3S/c1-32(2)26(36)14-4-6-18(29-23(34)21-12-15-10-16(27)5-7-17(15)28-21)20(11-14)30-24(35)25-31-19-8-9-33(3)13-22(19)37-25/h5,7,10,12,14,20,28H,4,6,8-9,11,13H2,1-3H3,(H,30,35)/b29-18+/t14-,20-/m1/s1. The molecule has 3 heterocycles. The van der Waals surface area contributed by atoms with Crippen LogP contribution >= 0.6 is 22.9 Å². The van der Waals surface area contributed by atoms with Crippen LogP contribution in [0.3, 0.4) is 0 Å². The van der Waals surface area contributed by atoms with Gasteiger partial charge in [-0.3, -0.25) is 14.4 Å². The number of amides is 3. The van der Waals surface area contributed by atoms with Crippen LogP contribution in [0, 0.1) is 5.92 Å². The lowest BCUT2D eigenvalue weighted by molar-refractivity contribution is -0.133. The molecule has 1 saturated carbocycles. The first-order chi connectivity index (χ1) is 17.7. The first kappa shape index (κ1) is 25.6. The third-order valence-electron chi connectivity index (χ3n) is 6.94. The molecule has 0 saturated heterocycles. The van der Waals surface area contributed by atoms with E-state index in [1.54, 1.807) is 37.2 Å². The molecule has 0 spiro atoms. The van der Waals surface area contributed by atoms with Crippen LogP contribution in [0.2, 0.25) is 5.02 Å². The summed E-state index contributed by atoms with van der Waals surface area (Å²) in [5, 5.41) is 4.84. The van der Waals surface area contributed by atoms with Gasteiger partial charge in [0.05, 0.1) is 11.7 Å². The minimum absolute atomic E-state index is 0.00451. The molecule has 194 valence electrons. The molecule has 3 aromatic rings. The Hall–Kier alpha value is -3.08. The minimum atomic E-state index is -0.540. The number of aromatic amines is 1. The van der Waals surface area contributed by atoms with Gasteiger partial charge in [-0.25, -0.2) is 9.98 Å². The summed E-state index contributed by atoms with van der Waals surface area (Å²) in [4.78, 5) is 56.0. The van der Waals surface area contributed by atoms with Gasteiger partial charge in [-0.05, 0) is 50.6 Å². The molecule has 1 fully saturated rings. The number of hydrogen-bond donors (Lipinski definition) is 2. The number of fused-ring (bicyclic) bond motifs is 2. The van der Waals surface area contributed by atoms with Gasteiger partial charge in [0.2, 0.25) is 5.91 Å². The highest BCUT2D eigenvalue weighted by molar-refractivity contribution is 7.13. The monoisotopic (exact) mass is 540 g/mol. The molecule has 0 unspecified atom stereocenters. The molecule has 37 heavy (non-hydrogen) atoms. The molecular weight excluding hydrogens is 512 g/mol. The van der Waals surface area contributed by atoms with Crippen LogP contribution in [-0.4, -0.2) is 76.9 Å². The van der Waals surface area contributed by atoms with Gasteiger partial charge >= 0.3 is 0 Å². The van der Waals surface area contributed by atoms with E-state index in [1.807, 2.05) is 13.1 Å². The Kier molecular flexibility index (Phi) is 7.15. The van der Waals surface area contributed by atoms with Crippen LogP contribution in [0.5, 0.6) is 0 Å². The summed E-state index contributed by atoms with van der Waals surface area (Å²) in [7, 11) is 5.50. The van der Waals surface area contributed by atoms with E-state index in [4.69, 9.17) is 11.6 Å². The molecule has 0 bridgehead atoms. The minimum Gasteiger partial charge on any atom is -0.350 e. The van der Waals surface area contributed by atoms with Crippen LogP contribution in [-0.2, 0) is 17.8 Å². The van der Waals surface area contributed by atoms with E-state index in [0.29, 0.717) is 40.7 Å². The Labute approximate surface area is 223 Å². The van der Waals surface area contributed by atoms with Crippen molar-refractivity contribution in [1.29, 1.82) is 0 Å². The number of H-pyrrole nitrogens is 1. The van der Waals surface area contributed by atoms with Gasteiger partial charge in [-0.1, -0.05) is 11.6 Å². The molecule has 3 amide bonds. The highest BCUT2D eigenvalue weighted by Gasteiger charge is 2.34. The predicted molar refractivity (Wildman–Crippen MR) is 145 cm³/mol. The Morgan fingerprint density at radius 2 is 2.05 bits per heavy atom. The number of aromatic nitrogens is 2. The normalized spacial score (nSPS) is 21.1. The summed E-state index contributed by atoms with van der Waals surface area (Å²) >= 11 is 7.48. The van der Waals surface area contributed by atoms with Crippen molar-refractivity contribution in [2.24, 2.45) is 10.9 Å². The number of likely N-dealkylation sites (N-methyl/N-ethyl adjacent to an activating group) is 1. The average molecular weight is 541 g/mol. The summed E-state index contributed by atoms with van der Waals surface area (Å²) < 4.78 is 0. The first-order valence-electron chi connectivity index (χ1n) is 12.3. The molecular formula is C26H29ClN6O3S. The lowest BCUT2D eigenvalue weighted by Gasteiger charge is -2.31. The molecule has 5 rings (SSSR count). The fourth-order valence-corrected chi connectivity index (χ4v) is 6.22. The maximum absolute atomic E-state index is 13.2. The molecule has 2 atom stereocenters. The quantitative estimate of drug-likeness (QED) is 0.526. The molecule has 9 nitrogen and oxygen atoms in total. The summed E-state index contributed by atoms with van der Waals surface area (Å²) in [6.07, 6.45) is 2.20. The number of rotatable bonds is 4. The van der Waals surface area contributed by atoms with E-state index in [-0.39, 0.29) is 17.7 Å². The Morgan fingerprint density at radius 3 is 2.84 bits per heavy atom. The zero-order chi connectivity index (χ0) is 26.3. The molecule has 11 heteroatoms. The van der Waals surface area contributed by atoms with E-state index < -0.39 is 11.9 Å². The molecule has 2 aromatic heterocycles. The van der Waals surface area contributed by atoms with E-state index >= 15 is 0 Å². The van der Waals surface area contributed by atoms with E-state index in [9.17, 15) is 14.4 Å². The van der Waals surface area contributed by atoms with Crippen molar-refractivity contribution < 1.29 is 14.4 Å². The second kappa shape index (κ2) is 10.4. The summed E-state index contributed by atoms with van der Waals surface area (Å²) in [6, 6.07) is 6.53. The molecule has 1 aliphatic heterocycles. The van der Waals surface area contributed by atoms with Crippen molar-refractivity contribution in [3.63, 3.8) is 0 Å². The van der Waals surface area contributed by atoms with E-state index in [1.165, 1.54) is 11.3 Å². The van der Waals surface area contributed by atoms with Crippen molar-refractivity contribution in [3.8, 4) is 0 Å². The highest BCUT2D eigenvalue weighted by Crippen LogP contribution is 2.28. The number of hydrogen-bond acceptors (Lipinski definition) is 6. The average Bonchev–Trinajstić information content (AvgIpc) is 3.48. The Morgan fingerprint density at radius 1 is 1.24 bits per heavy atom. The molecule has 2 aliphatic rings. The van der Waals surface area contributed by atoms with Crippen molar-refractivity contribution in [2.75, 3.05) is 27.7 Å². The molecule has 1 aliphatic carbocycles. The van der Waals surface area contributed by atoms with Gasteiger partial charge in [-0.15, -0.1) is 11.3 Å². The second-order valence-electron chi connectivity index (χ2n) is 9.93. The van der Waals surface area contributed by atoms with Gasteiger partial charge in [0.25, 0.3) is 11.8 Å². The zero-order valence-corrected chi connectivity index (χ0v) is 22.6. The topological polar surface area (TPSA) is 111 Å². The zero-order valence-electron chi connectivity index (χ0n) is 21.0. The fraction of sp³-hybridized carbons (Fsp3) is 0.423. The van der Waals surface area contributed by atoms with Crippen molar-refractivity contribution in [1.82, 2.24) is 25.1 Å². The summed E-state index contributed by atoms with van der Waals surface area (Å²) in [5.74, 6) is -0.982. The van der Waals surface area contributed by atoms with E-state index in [2.05, 4.69) is 25.2 Å². The van der Waals surface area contributed by atoms with Gasteiger partial charge in [0.15, 0.2) is 5.01 Å². The number of aliphatic imine (C=N–C) groups is 1. The number of benzene rings is 1. The van der Waals surface area contributed by atoms with E-state index in [0.717, 1.165) is 41.0 Å². The SMILES string of the molecule is CN1CCc2nc(C(=O)N[C@@H]3C[C@H](C(=O)N(C)C)CC/C3=N\C(=O)c3cc4cc(Cl)ccc4[nH]3)sc2C1. The molecule has 1 aromatic carbocycles. The van der Waals surface area contributed by atoms with Gasteiger partial charge in [0.1, 0.15) is 5.69 Å². The largest absolute Gasteiger partial charge is 0.350 e. The van der Waals surface area contributed by atoms with Crippen molar-refractivity contribution in [3.05, 3.63) is 50.6 Å². The first-order valence-corrected chi connectivity index (χ1v) is 13.5. The van der Waals surface area contributed by atoms with Crippen LogP contribution in [0.25, 0.3) is 10.9 Å². The Balaban J connectivity index is 1.39. The van der Waals surface area contributed by atoms with Crippen LogP contribution < -0.4 is 5.32 Å². The molecule has 0 radical (unpaired) electrons. The number of nitrogens with zero attached hydrogens (tertiary/aromatic N) is 4. The van der Waals surface area contributed by atoms with Crippen LogP contribution in [0.15, 0.2) is 29.3 Å². The van der Waals surface area contributed by atoms with Crippen LogP contribution in [0.1, 0.15) is 50.1 Å². The fourth-order valence-electron chi connectivity index (χ4n) is 4.95. The van der Waals surface area contributed by atoms with Crippen LogP contribution in [0.4, 0.5) is 0 Å².